The standard InChI is InChI=1S/C16H18NO5PS/c1-3-20-23(24,21-4-2)22-16-11-7-14(8-12-16)13-5-9-15(10-6-13)17(18)19/h5-12H,3-4H2,1-2H3. The Bertz CT molecular complexity index is 723. The lowest BCUT2D eigenvalue weighted by Crippen LogP contribution is -2.01. The highest BCUT2D eigenvalue weighted by molar-refractivity contribution is 8.07. The fourth-order valence-corrected chi connectivity index (χ4v) is 4.10. The van der Waals surface area contributed by atoms with Gasteiger partial charge in [-0.25, -0.2) is 0 Å². The van der Waals surface area contributed by atoms with Gasteiger partial charge < -0.3 is 4.52 Å². The minimum Gasteiger partial charge on any atom is -0.424 e. The molecule has 8 heteroatoms. The first kappa shape index (κ1) is 18.5. The molecule has 128 valence electrons. The molecule has 0 radical (unpaired) electrons. The zero-order valence-corrected chi connectivity index (χ0v) is 15.1. The van der Waals surface area contributed by atoms with Gasteiger partial charge in [-0.15, -0.1) is 0 Å². The lowest BCUT2D eigenvalue weighted by Gasteiger charge is -2.21. The van der Waals surface area contributed by atoms with Gasteiger partial charge in [0.25, 0.3) is 5.69 Å². The monoisotopic (exact) mass is 367 g/mol. The summed E-state index contributed by atoms with van der Waals surface area (Å²) < 4.78 is 16.6. The SMILES string of the molecule is CCOP(=S)(OCC)Oc1ccc(-c2ccc([N+](=O)[O-])cc2)cc1. The summed E-state index contributed by atoms with van der Waals surface area (Å²) in [5.74, 6) is 0.561. The summed E-state index contributed by atoms with van der Waals surface area (Å²) in [4.78, 5) is 10.3. The third-order valence-electron chi connectivity index (χ3n) is 3.06. The predicted octanol–water partition coefficient (Wildman–Crippen LogP) is 4.94. The normalized spacial score (nSPS) is 11.2. The number of hydrogen-bond acceptors (Lipinski definition) is 6. The molecule has 0 saturated carbocycles. The molecule has 0 aliphatic heterocycles. The van der Waals surface area contributed by atoms with Crippen molar-refractivity contribution in [2.45, 2.75) is 13.8 Å². The van der Waals surface area contributed by atoms with Gasteiger partial charge in [-0.05, 0) is 49.2 Å². The molecule has 0 N–H and O–H groups in total. The summed E-state index contributed by atoms with van der Waals surface area (Å²) in [5, 5.41) is 10.7. The Morgan fingerprint density at radius 2 is 1.42 bits per heavy atom. The molecule has 24 heavy (non-hydrogen) atoms. The van der Waals surface area contributed by atoms with Crippen LogP contribution in [-0.4, -0.2) is 18.1 Å². The first-order valence-electron chi connectivity index (χ1n) is 7.41. The molecule has 0 amide bonds. The van der Waals surface area contributed by atoms with E-state index in [4.69, 9.17) is 25.4 Å². The Kier molecular flexibility index (Phi) is 6.45. The number of nitro groups is 1. The minimum absolute atomic E-state index is 0.0628. The molecule has 0 spiro atoms. The van der Waals surface area contributed by atoms with Gasteiger partial charge in [0, 0.05) is 23.9 Å². The zero-order valence-electron chi connectivity index (χ0n) is 13.4. The Morgan fingerprint density at radius 3 is 1.83 bits per heavy atom. The molecular weight excluding hydrogens is 349 g/mol. The van der Waals surface area contributed by atoms with Gasteiger partial charge in [-0.1, -0.05) is 12.1 Å². The second kappa shape index (κ2) is 8.35. The van der Waals surface area contributed by atoms with Crippen molar-refractivity contribution in [1.82, 2.24) is 0 Å². The number of non-ortho nitro benzene ring substituents is 1. The third kappa shape index (κ3) is 4.85. The number of hydrogen-bond donors (Lipinski definition) is 0. The van der Waals surface area contributed by atoms with Crippen LogP contribution in [0.3, 0.4) is 0 Å². The largest absolute Gasteiger partial charge is 0.424 e. The zero-order chi connectivity index (χ0) is 17.6. The summed E-state index contributed by atoms with van der Waals surface area (Å²) in [5.41, 5.74) is 1.85. The first-order chi connectivity index (χ1) is 11.5. The summed E-state index contributed by atoms with van der Waals surface area (Å²) in [7, 11) is 0. The molecule has 0 bridgehead atoms. The first-order valence-corrected chi connectivity index (χ1v) is 9.96. The average Bonchev–Trinajstić information content (AvgIpc) is 2.56. The quantitative estimate of drug-likeness (QED) is 0.374. The highest BCUT2D eigenvalue weighted by atomic mass is 32.5. The van der Waals surface area contributed by atoms with E-state index in [0.717, 1.165) is 11.1 Å². The molecule has 2 aromatic rings. The van der Waals surface area contributed by atoms with E-state index in [-0.39, 0.29) is 5.69 Å². The average molecular weight is 367 g/mol. The van der Waals surface area contributed by atoms with Crippen LogP contribution < -0.4 is 4.52 Å². The van der Waals surface area contributed by atoms with Crippen LogP contribution >= 0.6 is 6.72 Å². The van der Waals surface area contributed by atoms with Crippen molar-refractivity contribution in [3.8, 4) is 16.9 Å². The van der Waals surface area contributed by atoms with Gasteiger partial charge in [0.15, 0.2) is 0 Å². The van der Waals surface area contributed by atoms with Gasteiger partial charge in [0.05, 0.1) is 18.1 Å². The molecule has 0 aliphatic rings. The minimum atomic E-state index is -2.79. The van der Waals surface area contributed by atoms with Crippen LogP contribution in [0, 0.1) is 10.1 Å². The summed E-state index contributed by atoms with van der Waals surface area (Å²) >= 11 is 5.33. The highest BCUT2D eigenvalue weighted by Crippen LogP contribution is 2.49. The van der Waals surface area contributed by atoms with Gasteiger partial charge >= 0.3 is 6.72 Å². The second-order valence-corrected chi connectivity index (χ2v) is 7.64. The fraction of sp³-hybridized carbons (Fsp3) is 0.250. The molecule has 0 atom stereocenters. The van der Waals surface area contributed by atoms with Crippen molar-refractivity contribution >= 4 is 24.2 Å². The van der Waals surface area contributed by atoms with E-state index in [9.17, 15) is 10.1 Å². The van der Waals surface area contributed by atoms with Gasteiger partial charge in [0.1, 0.15) is 5.75 Å². The predicted molar refractivity (Wildman–Crippen MR) is 96.7 cm³/mol. The number of nitrogens with zero attached hydrogens (tertiary/aromatic N) is 1. The van der Waals surface area contributed by atoms with E-state index < -0.39 is 11.6 Å². The Balaban J connectivity index is 2.15. The Labute approximate surface area is 145 Å². The summed E-state index contributed by atoms with van der Waals surface area (Å²) in [6.07, 6.45) is 0. The molecular formula is C16H18NO5PS. The maximum Gasteiger partial charge on any atom is 0.380 e. The Morgan fingerprint density at radius 1 is 0.958 bits per heavy atom. The lowest BCUT2D eigenvalue weighted by molar-refractivity contribution is -0.384. The van der Waals surface area contributed by atoms with Gasteiger partial charge in [0.2, 0.25) is 0 Å². The smallest absolute Gasteiger partial charge is 0.380 e. The second-order valence-electron chi connectivity index (χ2n) is 4.70. The van der Waals surface area contributed by atoms with E-state index in [2.05, 4.69) is 0 Å². The maximum atomic E-state index is 10.7. The van der Waals surface area contributed by atoms with Crippen LogP contribution in [0.1, 0.15) is 13.8 Å². The third-order valence-corrected chi connectivity index (χ3v) is 5.50. The molecule has 2 rings (SSSR count). The van der Waals surface area contributed by atoms with Crippen molar-refractivity contribution < 1.29 is 18.5 Å². The van der Waals surface area contributed by atoms with Crippen molar-refractivity contribution in [2.24, 2.45) is 0 Å². The van der Waals surface area contributed by atoms with Crippen molar-refractivity contribution in [2.75, 3.05) is 13.2 Å². The Hall–Kier alpha value is -1.79. The molecule has 0 fully saturated rings. The van der Waals surface area contributed by atoms with Gasteiger partial charge in [-0.3, -0.25) is 19.2 Å². The summed E-state index contributed by atoms with van der Waals surface area (Å²) in [6, 6.07) is 13.6. The van der Waals surface area contributed by atoms with Gasteiger partial charge in [-0.2, -0.15) is 0 Å². The van der Waals surface area contributed by atoms with Crippen LogP contribution in [0.15, 0.2) is 48.5 Å². The fourth-order valence-electron chi connectivity index (χ4n) is 2.02. The van der Waals surface area contributed by atoms with E-state index in [0.29, 0.717) is 19.0 Å². The van der Waals surface area contributed by atoms with Crippen molar-refractivity contribution in [3.63, 3.8) is 0 Å². The van der Waals surface area contributed by atoms with Crippen LogP contribution in [0.2, 0.25) is 0 Å². The maximum absolute atomic E-state index is 10.7. The van der Waals surface area contributed by atoms with E-state index >= 15 is 0 Å². The van der Waals surface area contributed by atoms with Crippen LogP contribution in [0.5, 0.6) is 5.75 Å². The molecule has 0 aromatic heterocycles. The highest BCUT2D eigenvalue weighted by Gasteiger charge is 2.21. The molecule has 0 unspecified atom stereocenters. The van der Waals surface area contributed by atoms with Crippen LogP contribution in [-0.2, 0) is 20.9 Å². The molecule has 0 aliphatic carbocycles. The summed E-state index contributed by atoms with van der Waals surface area (Å²) in [6.45, 7) is 1.71. The number of nitro benzene ring substituents is 1. The topological polar surface area (TPSA) is 70.8 Å². The molecule has 2 aromatic carbocycles. The number of benzene rings is 2. The van der Waals surface area contributed by atoms with Crippen molar-refractivity contribution in [3.05, 3.63) is 58.6 Å². The van der Waals surface area contributed by atoms with Crippen LogP contribution in [0.4, 0.5) is 5.69 Å². The van der Waals surface area contributed by atoms with Crippen LogP contribution in [0.25, 0.3) is 11.1 Å². The van der Waals surface area contributed by atoms with Crippen molar-refractivity contribution in [1.29, 1.82) is 0 Å². The molecule has 6 nitrogen and oxygen atoms in total. The molecule has 0 heterocycles. The van der Waals surface area contributed by atoms with E-state index in [1.54, 1.807) is 24.3 Å². The lowest BCUT2D eigenvalue weighted by atomic mass is 10.1. The number of rotatable bonds is 8. The van der Waals surface area contributed by atoms with E-state index in [1.807, 2.05) is 26.0 Å². The molecule has 0 saturated heterocycles. The van der Waals surface area contributed by atoms with E-state index in [1.165, 1.54) is 12.1 Å².